The van der Waals surface area contributed by atoms with Crippen molar-refractivity contribution in [3.63, 3.8) is 0 Å². The molecule has 0 amide bonds. The molecular weight excluding hydrogens is 254 g/mol. The molecule has 0 fully saturated rings. The Labute approximate surface area is 120 Å². The summed E-state index contributed by atoms with van der Waals surface area (Å²) in [4.78, 5) is 0. The SMILES string of the molecule is COc1ccc([C@H](C)NCCC(C)(C)/C(N)=N/O)cc1. The lowest BCUT2D eigenvalue weighted by atomic mass is 9.88. The van der Waals surface area contributed by atoms with Gasteiger partial charge in [0.2, 0.25) is 0 Å². The Morgan fingerprint density at radius 1 is 1.40 bits per heavy atom. The molecule has 1 rings (SSSR count). The highest BCUT2D eigenvalue weighted by atomic mass is 16.5. The van der Waals surface area contributed by atoms with Crippen LogP contribution in [-0.2, 0) is 0 Å². The fraction of sp³-hybridized carbons (Fsp3) is 0.533. The van der Waals surface area contributed by atoms with Gasteiger partial charge in [0.25, 0.3) is 0 Å². The summed E-state index contributed by atoms with van der Waals surface area (Å²) in [5.74, 6) is 1.12. The first-order chi connectivity index (χ1) is 9.40. The largest absolute Gasteiger partial charge is 0.497 e. The molecule has 0 unspecified atom stereocenters. The van der Waals surface area contributed by atoms with Crippen molar-refractivity contribution < 1.29 is 9.94 Å². The molecule has 0 aliphatic carbocycles. The van der Waals surface area contributed by atoms with E-state index in [1.54, 1.807) is 7.11 Å². The Hall–Kier alpha value is -1.75. The van der Waals surface area contributed by atoms with E-state index in [4.69, 9.17) is 15.7 Å². The summed E-state index contributed by atoms with van der Waals surface area (Å²) in [5.41, 5.74) is 6.55. The number of ether oxygens (including phenoxy) is 1. The van der Waals surface area contributed by atoms with Gasteiger partial charge < -0.3 is 21.0 Å². The number of nitrogens with one attached hydrogen (secondary N) is 1. The van der Waals surface area contributed by atoms with Crippen LogP contribution in [0.3, 0.4) is 0 Å². The summed E-state index contributed by atoms with van der Waals surface area (Å²) < 4.78 is 5.14. The van der Waals surface area contributed by atoms with E-state index < -0.39 is 0 Å². The van der Waals surface area contributed by atoms with Gasteiger partial charge in [0.1, 0.15) is 11.6 Å². The molecule has 0 heterocycles. The van der Waals surface area contributed by atoms with E-state index in [1.807, 2.05) is 38.1 Å². The van der Waals surface area contributed by atoms with E-state index in [-0.39, 0.29) is 17.3 Å². The van der Waals surface area contributed by atoms with Crippen LogP contribution in [0.2, 0.25) is 0 Å². The van der Waals surface area contributed by atoms with Gasteiger partial charge in [0, 0.05) is 11.5 Å². The Kier molecular flexibility index (Phi) is 5.82. The van der Waals surface area contributed by atoms with Crippen molar-refractivity contribution >= 4 is 5.84 Å². The standard InChI is InChI=1S/C15H25N3O2/c1-11(12-5-7-13(20-4)8-6-12)17-10-9-15(2,3)14(16)18-19/h5-8,11,17,19H,9-10H2,1-4H3,(H2,16,18)/t11-/m0/s1. The molecule has 0 aliphatic heterocycles. The Morgan fingerprint density at radius 3 is 2.50 bits per heavy atom. The number of nitrogens with zero attached hydrogens (tertiary/aromatic N) is 1. The highest BCUT2D eigenvalue weighted by Gasteiger charge is 2.23. The van der Waals surface area contributed by atoms with Crippen LogP contribution in [0.4, 0.5) is 0 Å². The first kappa shape index (κ1) is 16.3. The van der Waals surface area contributed by atoms with Crippen molar-refractivity contribution in [1.29, 1.82) is 0 Å². The lowest BCUT2D eigenvalue weighted by Crippen LogP contribution is -2.35. The number of amidine groups is 1. The van der Waals surface area contributed by atoms with E-state index in [9.17, 15) is 0 Å². The van der Waals surface area contributed by atoms with Gasteiger partial charge in [-0.25, -0.2) is 0 Å². The van der Waals surface area contributed by atoms with Gasteiger partial charge in [0.15, 0.2) is 0 Å². The van der Waals surface area contributed by atoms with E-state index in [0.29, 0.717) is 0 Å². The Morgan fingerprint density at radius 2 is 2.00 bits per heavy atom. The molecule has 4 N–H and O–H groups in total. The second-order valence-electron chi connectivity index (χ2n) is 5.57. The van der Waals surface area contributed by atoms with Crippen LogP contribution in [0.5, 0.6) is 5.75 Å². The van der Waals surface area contributed by atoms with Crippen LogP contribution < -0.4 is 15.8 Å². The summed E-state index contributed by atoms with van der Waals surface area (Å²) in [7, 11) is 1.66. The Bertz CT molecular complexity index is 441. The number of hydrogen-bond donors (Lipinski definition) is 3. The summed E-state index contributed by atoms with van der Waals surface area (Å²) in [6.07, 6.45) is 0.795. The Balaban J connectivity index is 2.49. The molecule has 0 saturated carbocycles. The van der Waals surface area contributed by atoms with Gasteiger partial charge in [-0.2, -0.15) is 0 Å². The molecule has 0 bridgehead atoms. The lowest BCUT2D eigenvalue weighted by Gasteiger charge is -2.24. The van der Waals surface area contributed by atoms with Crippen LogP contribution in [0.1, 0.15) is 38.8 Å². The summed E-state index contributed by atoms with van der Waals surface area (Å²) in [6.45, 7) is 6.82. The van der Waals surface area contributed by atoms with Crippen molar-refractivity contribution in [3.05, 3.63) is 29.8 Å². The quantitative estimate of drug-likeness (QED) is 0.310. The van der Waals surface area contributed by atoms with Crippen LogP contribution in [0, 0.1) is 5.41 Å². The zero-order valence-corrected chi connectivity index (χ0v) is 12.7. The number of rotatable bonds is 7. The van der Waals surface area contributed by atoms with Crippen LogP contribution >= 0.6 is 0 Å². The fourth-order valence-corrected chi connectivity index (χ4v) is 1.88. The molecule has 20 heavy (non-hydrogen) atoms. The van der Waals surface area contributed by atoms with Crippen molar-refractivity contribution in [2.24, 2.45) is 16.3 Å². The van der Waals surface area contributed by atoms with Crippen molar-refractivity contribution in [1.82, 2.24) is 5.32 Å². The molecule has 112 valence electrons. The topological polar surface area (TPSA) is 79.9 Å². The van der Waals surface area contributed by atoms with E-state index in [2.05, 4.69) is 17.4 Å². The van der Waals surface area contributed by atoms with Gasteiger partial charge in [-0.3, -0.25) is 0 Å². The molecule has 5 heteroatoms. The minimum Gasteiger partial charge on any atom is -0.497 e. The molecule has 0 spiro atoms. The van der Waals surface area contributed by atoms with Gasteiger partial charge in [-0.1, -0.05) is 31.1 Å². The zero-order valence-electron chi connectivity index (χ0n) is 12.7. The third-order valence-electron chi connectivity index (χ3n) is 3.62. The van der Waals surface area contributed by atoms with Gasteiger partial charge in [-0.15, -0.1) is 0 Å². The third kappa shape index (κ3) is 4.42. The zero-order chi connectivity index (χ0) is 15.2. The van der Waals surface area contributed by atoms with Crippen LogP contribution in [0.25, 0.3) is 0 Å². The lowest BCUT2D eigenvalue weighted by molar-refractivity contribution is 0.304. The normalized spacial score (nSPS) is 14.1. The molecule has 0 aromatic heterocycles. The van der Waals surface area contributed by atoms with E-state index >= 15 is 0 Å². The average molecular weight is 279 g/mol. The van der Waals surface area contributed by atoms with Gasteiger partial charge in [-0.05, 0) is 37.6 Å². The second-order valence-corrected chi connectivity index (χ2v) is 5.57. The number of methoxy groups -OCH3 is 1. The smallest absolute Gasteiger partial charge is 0.144 e. The van der Waals surface area contributed by atoms with Crippen molar-refractivity contribution in [3.8, 4) is 5.75 Å². The second kappa shape index (κ2) is 7.14. The first-order valence-corrected chi connectivity index (χ1v) is 6.76. The van der Waals surface area contributed by atoms with Crippen molar-refractivity contribution in [2.45, 2.75) is 33.2 Å². The summed E-state index contributed by atoms with van der Waals surface area (Å²) in [5, 5.41) is 15.3. The number of hydrogen-bond acceptors (Lipinski definition) is 4. The van der Waals surface area contributed by atoms with Crippen LogP contribution in [0.15, 0.2) is 29.4 Å². The highest BCUT2D eigenvalue weighted by molar-refractivity contribution is 5.85. The first-order valence-electron chi connectivity index (χ1n) is 6.76. The van der Waals surface area contributed by atoms with Gasteiger partial charge >= 0.3 is 0 Å². The average Bonchev–Trinajstić information content (AvgIpc) is 2.46. The molecule has 1 atom stereocenters. The maximum Gasteiger partial charge on any atom is 0.144 e. The summed E-state index contributed by atoms with van der Waals surface area (Å²) in [6, 6.07) is 8.24. The minimum atomic E-state index is -0.318. The number of nitrogens with two attached hydrogens (primary N) is 1. The third-order valence-corrected chi connectivity index (χ3v) is 3.62. The fourth-order valence-electron chi connectivity index (χ4n) is 1.88. The van der Waals surface area contributed by atoms with E-state index in [0.717, 1.165) is 18.7 Å². The predicted molar refractivity (Wildman–Crippen MR) is 81.2 cm³/mol. The monoisotopic (exact) mass is 279 g/mol. The predicted octanol–water partition coefficient (Wildman–Crippen LogP) is 2.51. The molecule has 1 aromatic carbocycles. The number of benzene rings is 1. The van der Waals surface area contributed by atoms with Crippen molar-refractivity contribution in [2.75, 3.05) is 13.7 Å². The molecule has 0 radical (unpaired) electrons. The van der Waals surface area contributed by atoms with Gasteiger partial charge in [0.05, 0.1) is 7.11 Å². The molecular formula is C15H25N3O2. The minimum absolute atomic E-state index is 0.240. The molecule has 0 aliphatic rings. The molecule has 1 aromatic rings. The number of oxime groups is 1. The highest BCUT2D eigenvalue weighted by Crippen LogP contribution is 2.21. The van der Waals surface area contributed by atoms with Crippen LogP contribution in [-0.4, -0.2) is 24.7 Å². The molecule has 0 saturated heterocycles. The van der Waals surface area contributed by atoms with E-state index in [1.165, 1.54) is 5.56 Å². The molecule has 5 nitrogen and oxygen atoms in total. The maximum absolute atomic E-state index is 8.74. The maximum atomic E-state index is 8.74. The summed E-state index contributed by atoms with van der Waals surface area (Å²) >= 11 is 0.